The highest BCUT2D eigenvalue weighted by atomic mass is 16.6. The summed E-state index contributed by atoms with van der Waals surface area (Å²) in [6, 6.07) is 51.0. The summed E-state index contributed by atoms with van der Waals surface area (Å²) in [6.45, 7) is 0. The van der Waals surface area contributed by atoms with E-state index in [9.17, 15) is 5.26 Å². The fourth-order valence-corrected chi connectivity index (χ4v) is 7.76. The number of hydrogen-bond acceptors (Lipinski definition) is 3. The highest BCUT2D eigenvalue weighted by Crippen LogP contribution is 2.59. The Balaban J connectivity index is 1.16. The van der Waals surface area contributed by atoms with E-state index in [1.807, 2.05) is 24.3 Å². The van der Waals surface area contributed by atoms with Crippen LogP contribution in [0, 0.1) is 11.3 Å². The molecule has 0 radical (unpaired) electrons. The number of hydrogen-bond donors (Lipinski definition) is 0. The van der Waals surface area contributed by atoms with Crippen LogP contribution in [0.25, 0.3) is 16.7 Å². The lowest BCUT2D eigenvalue weighted by atomic mass is 9.67. The van der Waals surface area contributed by atoms with E-state index in [1.54, 1.807) is 0 Å². The monoisotopic (exact) mass is 603 g/mol. The van der Waals surface area contributed by atoms with Gasteiger partial charge in [-0.25, -0.2) is 0 Å². The number of fused-ring (bicyclic) bond motifs is 5. The van der Waals surface area contributed by atoms with Gasteiger partial charge in [0.1, 0.15) is 0 Å². The van der Waals surface area contributed by atoms with Gasteiger partial charge in [-0.3, -0.25) is 0 Å². The molecule has 3 nitrogen and oxygen atoms in total. The van der Waals surface area contributed by atoms with Gasteiger partial charge < -0.3 is 9.47 Å². The Morgan fingerprint density at radius 3 is 2.09 bits per heavy atom. The third-order valence-electron chi connectivity index (χ3n) is 9.82. The fraction of sp³-hybridized carbons (Fsp3) is 0.0682. The number of nitriles is 1. The lowest BCUT2D eigenvalue weighted by Crippen LogP contribution is -2.28. The van der Waals surface area contributed by atoms with Crippen molar-refractivity contribution in [2.45, 2.75) is 17.8 Å². The molecule has 3 heteroatoms. The Bertz CT molecular complexity index is 2250. The number of rotatable bonds is 4. The van der Waals surface area contributed by atoms with Gasteiger partial charge in [0.2, 0.25) is 0 Å². The van der Waals surface area contributed by atoms with Crippen molar-refractivity contribution in [2.24, 2.45) is 0 Å². The van der Waals surface area contributed by atoms with Crippen LogP contribution in [-0.2, 0) is 5.41 Å². The lowest BCUT2D eigenvalue weighted by Gasteiger charge is -2.34. The van der Waals surface area contributed by atoms with E-state index in [-0.39, 0.29) is 5.92 Å². The quantitative estimate of drug-likeness (QED) is 0.201. The van der Waals surface area contributed by atoms with Crippen molar-refractivity contribution in [3.05, 3.63) is 197 Å². The summed E-state index contributed by atoms with van der Waals surface area (Å²) in [6.07, 6.45) is 7.33. The summed E-state index contributed by atoms with van der Waals surface area (Å²) in [5.74, 6) is 2.94. The van der Waals surface area contributed by atoms with E-state index in [0.29, 0.717) is 28.6 Å². The predicted octanol–water partition coefficient (Wildman–Crippen LogP) is 10.9. The molecule has 1 unspecified atom stereocenters. The van der Waals surface area contributed by atoms with Crippen LogP contribution in [0.3, 0.4) is 0 Å². The smallest absolute Gasteiger partial charge is 0.170 e. The first-order valence-corrected chi connectivity index (χ1v) is 16.0. The van der Waals surface area contributed by atoms with Crippen LogP contribution in [0.2, 0.25) is 0 Å². The first-order valence-electron chi connectivity index (χ1n) is 16.0. The molecule has 9 rings (SSSR count). The SMILES string of the molecule is N#Cc1cccc(C2CC=CC=C2c2ccc3c(c2)Oc2cc4c(cc2O3)C(c2ccccc2)(c2ccccc2)c2ccccc2-4)c1. The molecule has 0 bridgehead atoms. The van der Waals surface area contributed by atoms with Gasteiger partial charge in [-0.2, -0.15) is 5.26 Å². The topological polar surface area (TPSA) is 42.2 Å². The maximum Gasteiger partial charge on any atom is 0.170 e. The average Bonchev–Trinajstić information content (AvgIpc) is 3.43. The second-order valence-corrected chi connectivity index (χ2v) is 12.3. The first-order chi connectivity index (χ1) is 23.2. The normalized spacial score (nSPS) is 16.3. The third-order valence-corrected chi connectivity index (χ3v) is 9.82. The maximum absolute atomic E-state index is 9.50. The van der Waals surface area contributed by atoms with E-state index < -0.39 is 5.41 Å². The van der Waals surface area contributed by atoms with Gasteiger partial charge in [0, 0.05) is 5.92 Å². The lowest BCUT2D eigenvalue weighted by molar-refractivity contribution is 0.359. The molecule has 6 aromatic rings. The Morgan fingerprint density at radius 1 is 0.596 bits per heavy atom. The maximum atomic E-state index is 9.50. The summed E-state index contributed by atoms with van der Waals surface area (Å²) in [4.78, 5) is 0. The molecule has 1 atom stereocenters. The molecule has 47 heavy (non-hydrogen) atoms. The Kier molecular flexibility index (Phi) is 6.23. The number of allylic oxidation sites excluding steroid dienone is 4. The molecule has 0 spiro atoms. The van der Waals surface area contributed by atoms with Gasteiger partial charge in [-0.05, 0) is 92.9 Å². The van der Waals surface area contributed by atoms with Gasteiger partial charge in [-0.1, -0.05) is 121 Å². The van der Waals surface area contributed by atoms with Crippen molar-refractivity contribution in [2.75, 3.05) is 0 Å². The minimum atomic E-state index is -0.504. The van der Waals surface area contributed by atoms with Crippen molar-refractivity contribution >= 4 is 5.57 Å². The van der Waals surface area contributed by atoms with Crippen LogP contribution in [-0.4, -0.2) is 0 Å². The molecule has 0 saturated carbocycles. The highest BCUT2D eigenvalue weighted by Gasteiger charge is 2.47. The van der Waals surface area contributed by atoms with Crippen LogP contribution in [0.4, 0.5) is 0 Å². The largest absolute Gasteiger partial charge is 0.450 e. The van der Waals surface area contributed by atoms with Gasteiger partial charge in [-0.15, -0.1) is 0 Å². The van der Waals surface area contributed by atoms with E-state index in [2.05, 4.69) is 140 Å². The summed E-state index contributed by atoms with van der Waals surface area (Å²) in [5.41, 5.74) is 10.8. The number of ether oxygens (including phenoxy) is 2. The molecule has 0 amide bonds. The Morgan fingerprint density at radius 2 is 1.30 bits per heavy atom. The zero-order valence-electron chi connectivity index (χ0n) is 25.6. The molecule has 2 aliphatic carbocycles. The zero-order valence-corrected chi connectivity index (χ0v) is 25.6. The molecule has 0 N–H and O–H groups in total. The highest BCUT2D eigenvalue weighted by molar-refractivity contribution is 5.88. The van der Waals surface area contributed by atoms with E-state index in [0.717, 1.165) is 23.1 Å². The van der Waals surface area contributed by atoms with Gasteiger partial charge >= 0.3 is 0 Å². The molecule has 6 aromatic carbocycles. The minimum Gasteiger partial charge on any atom is -0.450 e. The van der Waals surface area contributed by atoms with Crippen molar-refractivity contribution < 1.29 is 9.47 Å². The Labute approximate surface area is 274 Å². The fourth-order valence-electron chi connectivity index (χ4n) is 7.76. The standard InChI is InChI=1S/C44H29NO2/c45-28-29-12-11-13-30(24-29)34-18-7-8-19-35(34)31-22-23-40-41(25-31)47-42-26-37-36-20-9-10-21-38(36)44(32-14-3-1-4-15-32,33-16-5-2-6-17-33)39(37)27-43(42)46-40/h1-17,19-27,34H,18H2. The van der Waals surface area contributed by atoms with Crippen LogP contribution in [0.15, 0.2) is 158 Å². The zero-order chi connectivity index (χ0) is 31.4. The van der Waals surface area contributed by atoms with Crippen molar-refractivity contribution in [3.8, 4) is 40.2 Å². The van der Waals surface area contributed by atoms with E-state index in [1.165, 1.54) is 33.4 Å². The number of nitrogens with zero attached hydrogens (tertiary/aromatic N) is 1. The molecule has 1 aliphatic heterocycles. The van der Waals surface area contributed by atoms with Crippen molar-refractivity contribution in [1.29, 1.82) is 5.26 Å². The summed E-state index contributed by atoms with van der Waals surface area (Å²) < 4.78 is 13.3. The van der Waals surface area contributed by atoms with Crippen molar-refractivity contribution in [1.82, 2.24) is 0 Å². The first kappa shape index (κ1) is 27.2. The minimum absolute atomic E-state index is 0.145. The van der Waals surface area contributed by atoms with Gasteiger partial charge in [0.25, 0.3) is 0 Å². The predicted molar refractivity (Wildman–Crippen MR) is 186 cm³/mol. The Hall–Kier alpha value is -6.11. The second kappa shape index (κ2) is 10.8. The van der Waals surface area contributed by atoms with Crippen LogP contribution >= 0.6 is 0 Å². The number of benzene rings is 6. The van der Waals surface area contributed by atoms with E-state index in [4.69, 9.17) is 9.47 Å². The third kappa shape index (κ3) is 4.19. The van der Waals surface area contributed by atoms with E-state index >= 15 is 0 Å². The van der Waals surface area contributed by atoms with Gasteiger partial charge in [0.15, 0.2) is 23.0 Å². The molecule has 0 aromatic heterocycles. The molecule has 3 aliphatic rings. The molecule has 0 saturated heterocycles. The summed E-state index contributed by atoms with van der Waals surface area (Å²) in [5, 5.41) is 9.50. The molecule has 0 fully saturated rings. The van der Waals surface area contributed by atoms with Crippen LogP contribution in [0.1, 0.15) is 51.3 Å². The summed E-state index contributed by atoms with van der Waals surface area (Å²) >= 11 is 0. The second-order valence-electron chi connectivity index (χ2n) is 12.3. The average molecular weight is 604 g/mol. The van der Waals surface area contributed by atoms with Crippen molar-refractivity contribution in [3.63, 3.8) is 0 Å². The summed E-state index contributed by atoms with van der Waals surface area (Å²) in [7, 11) is 0. The molecule has 222 valence electrons. The van der Waals surface area contributed by atoms with Crippen LogP contribution in [0.5, 0.6) is 23.0 Å². The molecular weight excluding hydrogens is 574 g/mol. The molecule has 1 heterocycles. The van der Waals surface area contributed by atoms with Gasteiger partial charge in [0.05, 0.1) is 17.0 Å². The molecular formula is C44H29NO2. The van der Waals surface area contributed by atoms with Crippen LogP contribution < -0.4 is 9.47 Å².